The summed E-state index contributed by atoms with van der Waals surface area (Å²) in [5.74, 6) is -1.65. The fourth-order valence-electron chi connectivity index (χ4n) is 6.36. The van der Waals surface area contributed by atoms with E-state index in [4.69, 9.17) is 9.47 Å². The van der Waals surface area contributed by atoms with E-state index in [0.29, 0.717) is 6.42 Å². The average Bonchev–Trinajstić information content (AvgIpc) is 3.37. The third-order valence-corrected chi connectivity index (χ3v) is 11.0. The molecule has 0 aromatic heterocycles. The van der Waals surface area contributed by atoms with Gasteiger partial charge in [0.05, 0.1) is 28.8 Å². The van der Waals surface area contributed by atoms with Crippen LogP contribution in [0.1, 0.15) is 73.6 Å². The highest BCUT2D eigenvalue weighted by Gasteiger charge is 2.76. The van der Waals surface area contributed by atoms with E-state index in [-0.39, 0.29) is 36.2 Å². The van der Waals surface area contributed by atoms with Gasteiger partial charge in [-0.1, -0.05) is 20.3 Å². The summed E-state index contributed by atoms with van der Waals surface area (Å²) in [6.07, 6.45) is 2.05. The molecule has 0 saturated carbocycles. The number of carboxylic acids is 1. The molecular formula is C26H43N3O9S. The summed E-state index contributed by atoms with van der Waals surface area (Å²) in [5, 5.41) is 41.0. The van der Waals surface area contributed by atoms with Crippen molar-refractivity contribution in [1.29, 1.82) is 0 Å². The number of amides is 3. The third-order valence-electron chi connectivity index (χ3n) is 9.51. The Morgan fingerprint density at radius 1 is 1.15 bits per heavy atom. The number of urea groups is 1. The molecule has 222 valence electrons. The Balaban J connectivity index is 1.70. The molecule has 0 bridgehead atoms. The summed E-state index contributed by atoms with van der Waals surface area (Å²) in [7, 11) is 0. The summed E-state index contributed by atoms with van der Waals surface area (Å²) in [5.41, 5.74) is -8.70. The second-order valence-electron chi connectivity index (χ2n) is 12.0. The van der Waals surface area contributed by atoms with E-state index < -0.39 is 58.8 Å². The molecule has 39 heavy (non-hydrogen) atoms. The number of hydrogen-bond acceptors (Lipinski definition) is 9. The maximum absolute atomic E-state index is 12.8. The Hall–Kier alpha value is -2.09. The van der Waals surface area contributed by atoms with Crippen LogP contribution in [-0.4, -0.2) is 97.8 Å². The summed E-state index contributed by atoms with van der Waals surface area (Å²) in [6.45, 7) is 7.71. The fourth-order valence-corrected chi connectivity index (χ4v) is 7.91. The van der Waals surface area contributed by atoms with Gasteiger partial charge in [0.15, 0.2) is 0 Å². The molecule has 13 heteroatoms. The number of carbonyl (C=O) groups is 4. The van der Waals surface area contributed by atoms with Crippen LogP contribution < -0.4 is 16.0 Å². The van der Waals surface area contributed by atoms with Gasteiger partial charge in [-0.25, -0.2) is 9.59 Å². The molecule has 2 unspecified atom stereocenters. The zero-order valence-corrected chi connectivity index (χ0v) is 24.4. The first-order valence-corrected chi connectivity index (χ1v) is 14.4. The van der Waals surface area contributed by atoms with Crippen molar-refractivity contribution in [2.45, 2.75) is 113 Å². The van der Waals surface area contributed by atoms with Crippen LogP contribution in [0.15, 0.2) is 0 Å². The highest BCUT2D eigenvalue weighted by Crippen LogP contribution is 2.59. The summed E-state index contributed by atoms with van der Waals surface area (Å²) < 4.78 is 11.7. The van der Waals surface area contributed by atoms with Crippen molar-refractivity contribution in [2.24, 2.45) is 5.41 Å². The number of fused-ring (bicyclic) bond motifs is 1. The fraction of sp³-hybridized carbons (Fsp3) is 0.846. The van der Waals surface area contributed by atoms with Crippen molar-refractivity contribution < 1.29 is 44.0 Å². The molecular weight excluding hydrogens is 530 g/mol. The van der Waals surface area contributed by atoms with E-state index in [1.165, 1.54) is 34.6 Å². The molecule has 0 aromatic rings. The van der Waals surface area contributed by atoms with Gasteiger partial charge in [0, 0.05) is 42.8 Å². The number of rotatable bonds is 11. The number of aliphatic carboxylic acids is 1. The van der Waals surface area contributed by atoms with E-state index in [0.717, 1.165) is 18.6 Å². The zero-order chi connectivity index (χ0) is 29.4. The molecule has 3 aliphatic rings. The molecule has 3 aliphatic heterocycles. The number of aliphatic hydroxyl groups excluding tert-OH is 1. The molecule has 6 N–H and O–H groups in total. The van der Waals surface area contributed by atoms with Gasteiger partial charge in [0.25, 0.3) is 0 Å². The molecule has 0 aliphatic carbocycles. The first-order chi connectivity index (χ1) is 18.0. The minimum Gasteiger partial charge on any atom is -0.479 e. The Bertz CT molecular complexity index is 992. The van der Waals surface area contributed by atoms with Crippen molar-refractivity contribution in [3.63, 3.8) is 0 Å². The number of nitrogens with one attached hydrogen (secondary N) is 3. The molecule has 7 atom stereocenters. The van der Waals surface area contributed by atoms with E-state index in [1.807, 2.05) is 0 Å². The van der Waals surface area contributed by atoms with Crippen LogP contribution in [0, 0.1) is 5.41 Å². The van der Waals surface area contributed by atoms with Crippen LogP contribution in [0.25, 0.3) is 0 Å². The van der Waals surface area contributed by atoms with Crippen molar-refractivity contribution in [1.82, 2.24) is 16.0 Å². The van der Waals surface area contributed by atoms with E-state index >= 15 is 0 Å². The van der Waals surface area contributed by atoms with Crippen molar-refractivity contribution in [3.8, 4) is 0 Å². The molecule has 3 amide bonds. The highest BCUT2D eigenvalue weighted by atomic mass is 32.2. The molecule has 3 saturated heterocycles. The van der Waals surface area contributed by atoms with Crippen LogP contribution in [-0.2, 0) is 23.9 Å². The van der Waals surface area contributed by atoms with Gasteiger partial charge in [0.2, 0.25) is 11.5 Å². The maximum atomic E-state index is 12.8. The number of thioether (sulfide) groups is 1. The third kappa shape index (κ3) is 5.22. The Morgan fingerprint density at radius 2 is 1.82 bits per heavy atom. The average molecular weight is 574 g/mol. The van der Waals surface area contributed by atoms with Crippen LogP contribution in [0.5, 0.6) is 0 Å². The SMILES string of the molecule is CC(=O)N[C@@]1(C)C(C)(CCO)O[C@@](COC(=O)CCCCC2SC[C@@H]3NC(=O)N[C@H]23)(C(=O)O)C(C)(C)[C@@]1(C)O. The monoisotopic (exact) mass is 573 g/mol. The highest BCUT2D eigenvalue weighted by molar-refractivity contribution is 8.00. The van der Waals surface area contributed by atoms with Gasteiger partial charge in [-0.3, -0.25) is 9.59 Å². The van der Waals surface area contributed by atoms with Crippen molar-refractivity contribution >= 4 is 35.6 Å². The summed E-state index contributed by atoms with van der Waals surface area (Å²) in [6, 6.07) is 0.0649. The topological polar surface area (TPSA) is 184 Å². The van der Waals surface area contributed by atoms with Gasteiger partial charge >= 0.3 is 18.0 Å². The van der Waals surface area contributed by atoms with Gasteiger partial charge in [-0.2, -0.15) is 11.8 Å². The molecule has 3 rings (SSSR count). The van der Waals surface area contributed by atoms with Crippen LogP contribution in [0.3, 0.4) is 0 Å². The molecule has 12 nitrogen and oxygen atoms in total. The number of aliphatic hydroxyl groups is 2. The summed E-state index contributed by atoms with van der Waals surface area (Å²) >= 11 is 1.79. The van der Waals surface area contributed by atoms with Crippen LogP contribution >= 0.6 is 11.8 Å². The van der Waals surface area contributed by atoms with Crippen LogP contribution in [0.4, 0.5) is 4.79 Å². The van der Waals surface area contributed by atoms with Crippen molar-refractivity contribution in [2.75, 3.05) is 19.0 Å². The quantitative estimate of drug-likeness (QED) is 0.118. The molecule has 0 aromatic carbocycles. The minimum absolute atomic E-state index is 0.0696. The largest absolute Gasteiger partial charge is 0.479 e. The van der Waals surface area contributed by atoms with Gasteiger partial charge < -0.3 is 40.7 Å². The van der Waals surface area contributed by atoms with E-state index in [1.54, 1.807) is 18.7 Å². The summed E-state index contributed by atoms with van der Waals surface area (Å²) in [4.78, 5) is 49.2. The Kier molecular flexibility index (Phi) is 8.91. The van der Waals surface area contributed by atoms with E-state index in [2.05, 4.69) is 16.0 Å². The molecule has 3 heterocycles. The predicted octanol–water partition coefficient (Wildman–Crippen LogP) is 0.922. The lowest BCUT2D eigenvalue weighted by atomic mass is 9.51. The predicted molar refractivity (Wildman–Crippen MR) is 143 cm³/mol. The lowest BCUT2D eigenvalue weighted by molar-refractivity contribution is -0.344. The standard InChI is InChI=1S/C26H43N3O9S/c1-15(31)29-24(5)23(4,11-12-30)38-26(20(33)34,22(2,3)25(24,6)36)14-37-18(32)10-8-7-9-17-19-16(13-39-17)27-21(35)28-19/h16-17,19,30,36H,7-14H2,1-6H3,(H,29,31)(H,33,34)(H2,27,28,35)/t16-,17?,19-,23?,24-,25+,26-/m0/s1. The lowest BCUT2D eigenvalue weighted by Gasteiger charge is -2.68. The molecule has 3 fully saturated rings. The Labute approximate surface area is 233 Å². The smallest absolute Gasteiger partial charge is 0.340 e. The minimum atomic E-state index is -2.18. The normalized spacial score (nSPS) is 38.9. The van der Waals surface area contributed by atoms with Crippen molar-refractivity contribution in [3.05, 3.63) is 0 Å². The number of esters is 1. The second-order valence-corrected chi connectivity index (χ2v) is 13.2. The zero-order valence-electron chi connectivity index (χ0n) is 23.6. The van der Waals surface area contributed by atoms with E-state index in [9.17, 15) is 34.5 Å². The Morgan fingerprint density at radius 3 is 2.41 bits per heavy atom. The maximum Gasteiger partial charge on any atom is 0.340 e. The number of ether oxygens (including phenoxy) is 2. The lowest BCUT2D eigenvalue weighted by Crippen LogP contribution is -2.86. The molecule has 0 spiro atoms. The van der Waals surface area contributed by atoms with Crippen LogP contribution in [0.2, 0.25) is 0 Å². The first kappa shape index (κ1) is 31.4. The first-order valence-electron chi connectivity index (χ1n) is 13.4. The van der Waals surface area contributed by atoms with Gasteiger partial charge in [-0.15, -0.1) is 0 Å². The number of hydrogen-bond donors (Lipinski definition) is 6. The second kappa shape index (κ2) is 11.1. The molecule has 0 radical (unpaired) electrons. The number of carboxylic acid groups (broad SMARTS) is 1. The number of carbonyl (C=O) groups excluding carboxylic acids is 3. The number of unbranched alkanes of at least 4 members (excludes halogenated alkanes) is 1. The van der Waals surface area contributed by atoms with Gasteiger partial charge in [-0.05, 0) is 33.6 Å². The van der Waals surface area contributed by atoms with Gasteiger partial charge in [0.1, 0.15) is 6.61 Å².